The van der Waals surface area contributed by atoms with Gasteiger partial charge in [0.15, 0.2) is 11.5 Å². The van der Waals surface area contributed by atoms with E-state index in [1.165, 1.54) is 13.2 Å². The van der Waals surface area contributed by atoms with Crippen LogP contribution < -0.4 is 9.47 Å². The van der Waals surface area contributed by atoms with Crippen molar-refractivity contribution < 1.29 is 19.4 Å². The molecular weight excluding hydrogens is 304 g/mol. The molecule has 0 unspecified atom stereocenters. The summed E-state index contributed by atoms with van der Waals surface area (Å²) in [5, 5.41) is 9.29. The number of benzene rings is 2. The van der Waals surface area contributed by atoms with E-state index >= 15 is 0 Å². The van der Waals surface area contributed by atoms with Crippen molar-refractivity contribution in [3.63, 3.8) is 0 Å². The molecular formula is C17H15ClO4. The highest BCUT2D eigenvalue weighted by molar-refractivity contribution is 6.30. The average Bonchev–Trinajstić information content (AvgIpc) is 2.51. The Bertz CT molecular complexity index is 695. The van der Waals surface area contributed by atoms with Crippen molar-refractivity contribution in [2.75, 3.05) is 7.11 Å². The van der Waals surface area contributed by atoms with Crippen molar-refractivity contribution >= 4 is 23.6 Å². The zero-order chi connectivity index (χ0) is 15.9. The molecule has 0 radical (unpaired) electrons. The maximum atomic E-state index is 10.5. The van der Waals surface area contributed by atoms with Gasteiger partial charge in [0.05, 0.1) is 7.11 Å². The van der Waals surface area contributed by atoms with Gasteiger partial charge in [-0.05, 0) is 41.5 Å². The van der Waals surface area contributed by atoms with Gasteiger partial charge in [0.1, 0.15) is 6.61 Å². The van der Waals surface area contributed by atoms with E-state index < -0.39 is 5.97 Å². The number of hydrogen-bond donors (Lipinski definition) is 1. The molecule has 0 aliphatic rings. The summed E-state index contributed by atoms with van der Waals surface area (Å²) >= 11 is 5.93. The quantitative estimate of drug-likeness (QED) is 0.817. The molecule has 2 aromatic rings. The highest BCUT2D eigenvalue weighted by atomic mass is 35.5. The Balaban J connectivity index is 2.12. The number of hydrogen-bond acceptors (Lipinski definition) is 3. The van der Waals surface area contributed by atoms with Gasteiger partial charge in [0.2, 0.25) is 0 Å². The van der Waals surface area contributed by atoms with Crippen LogP contribution in [0.4, 0.5) is 0 Å². The smallest absolute Gasteiger partial charge is 0.328 e. The normalized spacial score (nSPS) is 10.6. The van der Waals surface area contributed by atoms with Gasteiger partial charge in [-0.25, -0.2) is 4.79 Å². The first-order chi connectivity index (χ1) is 10.6. The van der Waals surface area contributed by atoms with Crippen molar-refractivity contribution in [1.29, 1.82) is 0 Å². The van der Waals surface area contributed by atoms with Gasteiger partial charge >= 0.3 is 5.97 Å². The van der Waals surface area contributed by atoms with Crippen LogP contribution >= 0.6 is 11.6 Å². The molecule has 0 fully saturated rings. The predicted octanol–water partition coefficient (Wildman–Crippen LogP) is 4.03. The monoisotopic (exact) mass is 318 g/mol. The molecule has 1 N–H and O–H groups in total. The summed E-state index contributed by atoms with van der Waals surface area (Å²) in [5.41, 5.74) is 1.67. The van der Waals surface area contributed by atoms with E-state index in [0.29, 0.717) is 28.7 Å². The van der Waals surface area contributed by atoms with Crippen LogP contribution in [0.3, 0.4) is 0 Å². The van der Waals surface area contributed by atoms with Crippen molar-refractivity contribution in [3.05, 3.63) is 64.7 Å². The third-order valence-corrected chi connectivity index (χ3v) is 3.12. The Morgan fingerprint density at radius 3 is 2.73 bits per heavy atom. The molecule has 0 aromatic heterocycles. The lowest BCUT2D eigenvalue weighted by atomic mass is 10.2. The van der Waals surface area contributed by atoms with Gasteiger partial charge in [-0.15, -0.1) is 0 Å². The van der Waals surface area contributed by atoms with E-state index in [9.17, 15) is 4.79 Å². The van der Waals surface area contributed by atoms with Crippen molar-refractivity contribution in [2.45, 2.75) is 6.61 Å². The summed E-state index contributed by atoms with van der Waals surface area (Å²) in [5.74, 6) is 0.116. The Morgan fingerprint density at radius 2 is 2.05 bits per heavy atom. The number of methoxy groups -OCH3 is 1. The summed E-state index contributed by atoms with van der Waals surface area (Å²) in [7, 11) is 1.53. The lowest BCUT2D eigenvalue weighted by molar-refractivity contribution is -0.131. The third kappa shape index (κ3) is 4.53. The second-order valence-corrected chi connectivity index (χ2v) is 4.94. The Morgan fingerprint density at radius 1 is 1.23 bits per heavy atom. The first-order valence-corrected chi connectivity index (χ1v) is 6.92. The number of carbonyl (C=O) groups is 1. The number of carboxylic acid groups (broad SMARTS) is 1. The highest BCUT2D eigenvalue weighted by Crippen LogP contribution is 2.29. The molecule has 5 heteroatoms. The van der Waals surface area contributed by atoms with E-state index in [-0.39, 0.29) is 0 Å². The summed E-state index contributed by atoms with van der Waals surface area (Å²) < 4.78 is 11.0. The molecule has 0 heterocycles. The van der Waals surface area contributed by atoms with Gasteiger partial charge in [-0.2, -0.15) is 0 Å². The molecule has 2 aromatic carbocycles. The zero-order valence-corrected chi connectivity index (χ0v) is 12.7. The van der Waals surface area contributed by atoms with Crippen LogP contribution in [0.1, 0.15) is 11.1 Å². The molecule has 0 amide bonds. The summed E-state index contributed by atoms with van der Waals surface area (Å²) in [6.45, 7) is 0.362. The number of carboxylic acids is 1. The first-order valence-electron chi connectivity index (χ1n) is 6.55. The minimum absolute atomic E-state index is 0.362. The molecule has 0 aliphatic carbocycles. The van der Waals surface area contributed by atoms with Gasteiger partial charge in [0, 0.05) is 11.1 Å². The fraction of sp³-hybridized carbons (Fsp3) is 0.118. The largest absolute Gasteiger partial charge is 0.493 e. The highest BCUT2D eigenvalue weighted by Gasteiger charge is 2.06. The summed E-state index contributed by atoms with van der Waals surface area (Å²) in [6.07, 6.45) is 2.56. The van der Waals surface area contributed by atoms with Gasteiger partial charge in [-0.1, -0.05) is 29.8 Å². The van der Waals surface area contributed by atoms with Gasteiger partial charge in [0.25, 0.3) is 0 Å². The molecule has 0 bridgehead atoms. The van der Waals surface area contributed by atoms with Gasteiger partial charge in [-0.3, -0.25) is 0 Å². The van der Waals surface area contributed by atoms with Crippen LogP contribution in [-0.2, 0) is 11.4 Å². The molecule has 4 nitrogen and oxygen atoms in total. The average molecular weight is 319 g/mol. The molecule has 22 heavy (non-hydrogen) atoms. The van der Waals surface area contributed by atoms with E-state index in [1.54, 1.807) is 24.3 Å². The molecule has 2 rings (SSSR count). The Kier molecular flexibility index (Phi) is 5.44. The molecule has 0 saturated carbocycles. The van der Waals surface area contributed by atoms with E-state index in [0.717, 1.165) is 11.6 Å². The molecule has 114 valence electrons. The number of rotatable bonds is 6. The van der Waals surface area contributed by atoms with Crippen LogP contribution in [-0.4, -0.2) is 18.2 Å². The number of halogens is 1. The predicted molar refractivity (Wildman–Crippen MR) is 85.4 cm³/mol. The first kappa shape index (κ1) is 15.9. The topological polar surface area (TPSA) is 55.8 Å². The van der Waals surface area contributed by atoms with Gasteiger partial charge < -0.3 is 14.6 Å². The molecule has 0 aliphatic heterocycles. The number of ether oxygens (including phenoxy) is 2. The van der Waals surface area contributed by atoms with E-state index in [4.69, 9.17) is 26.2 Å². The molecule has 0 saturated heterocycles. The minimum atomic E-state index is -1.000. The second kappa shape index (κ2) is 7.52. The Hall–Kier alpha value is -2.46. The van der Waals surface area contributed by atoms with Crippen LogP contribution in [0.25, 0.3) is 6.08 Å². The van der Waals surface area contributed by atoms with Crippen LogP contribution in [0.15, 0.2) is 48.5 Å². The van der Waals surface area contributed by atoms with Crippen LogP contribution in [0.5, 0.6) is 11.5 Å². The summed E-state index contributed by atoms with van der Waals surface area (Å²) in [4.78, 5) is 10.5. The summed E-state index contributed by atoms with van der Waals surface area (Å²) in [6, 6.07) is 12.6. The standard InChI is InChI=1S/C17H15ClO4/c1-21-16-10-12(6-8-17(19)20)5-7-15(16)22-11-13-3-2-4-14(18)9-13/h2-10H,11H2,1H3,(H,19,20). The van der Waals surface area contributed by atoms with Crippen molar-refractivity contribution in [2.24, 2.45) is 0 Å². The molecule has 0 spiro atoms. The zero-order valence-electron chi connectivity index (χ0n) is 12.0. The maximum absolute atomic E-state index is 10.5. The lowest BCUT2D eigenvalue weighted by Gasteiger charge is -2.11. The molecule has 0 atom stereocenters. The lowest BCUT2D eigenvalue weighted by Crippen LogP contribution is -1.98. The van der Waals surface area contributed by atoms with Crippen molar-refractivity contribution in [3.8, 4) is 11.5 Å². The minimum Gasteiger partial charge on any atom is -0.493 e. The van der Waals surface area contributed by atoms with E-state index in [2.05, 4.69) is 0 Å². The second-order valence-electron chi connectivity index (χ2n) is 4.50. The van der Waals surface area contributed by atoms with Crippen molar-refractivity contribution in [1.82, 2.24) is 0 Å². The van der Waals surface area contributed by atoms with Crippen LogP contribution in [0, 0.1) is 0 Å². The number of aliphatic carboxylic acids is 1. The Labute approximate surface area is 133 Å². The fourth-order valence-electron chi connectivity index (χ4n) is 1.86. The SMILES string of the molecule is COc1cc(C=CC(=O)O)ccc1OCc1cccc(Cl)c1. The third-order valence-electron chi connectivity index (χ3n) is 2.89. The van der Waals surface area contributed by atoms with E-state index in [1.807, 2.05) is 18.2 Å². The van der Waals surface area contributed by atoms with Crippen LogP contribution in [0.2, 0.25) is 5.02 Å². The maximum Gasteiger partial charge on any atom is 0.328 e. The fourth-order valence-corrected chi connectivity index (χ4v) is 2.08.